The number of hydrogen-bond donors (Lipinski definition) is 2. The van der Waals surface area contributed by atoms with E-state index in [0.29, 0.717) is 23.7 Å². The third-order valence-corrected chi connectivity index (χ3v) is 3.08. The van der Waals surface area contributed by atoms with E-state index in [-0.39, 0.29) is 5.95 Å². The summed E-state index contributed by atoms with van der Waals surface area (Å²) in [5, 5.41) is 2.50. The topological polar surface area (TPSA) is 102 Å². The molecule has 0 aliphatic carbocycles. The summed E-state index contributed by atoms with van der Waals surface area (Å²) in [7, 11) is 0. The Morgan fingerprint density at radius 1 is 1.20 bits per heavy atom. The molecule has 3 aromatic rings. The molecule has 0 saturated carbocycles. The molecule has 2 N–H and O–H groups in total. The number of anilines is 1. The van der Waals surface area contributed by atoms with Crippen molar-refractivity contribution < 1.29 is 14.3 Å². The summed E-state index contributed by atoms with van der Waals surface area (Å²) in [5.74, 6) is 0.370. The van der Waals surface area contributed by atoms with Crippen molar-refractivity contribution in [3.05, 3.63) is 42.2 Å². The number of nitrogens with zero attached hydrogens (tertiary/aromatic N) is 3. The summed E-state index contributed by atoms with van der Waals surface area (Å²) in [6, 6.07) is 9.69. The minimum atomic E-state index is -0.642. The van der Waals surface area contributed by atoms with E-state index in [0.717, 1.165) is 5.56 Å². The van der Waals surface area contributed by atoms with Crippen molar-refractivity contribution in [3.63, 3.8) is 0 Å². The van der Waals surface area contributed by atoms with E-state index < -0.39 is 11.7 Å². The molecule has 0 saturated heterocycles. The van der Waals surface area contributed by atoms with Crippen molar-refractivity contribution in [1.29, 1.82) is 0 Å². The molecule has 8 nitrogen and oxygen atoms in total. The molecule has 0 aliphatic rings. The van der Waals surface area contributed by atoms with Crippen LogP contribution in [0.3, 0.4) is 0 Å². The molecule has 8 heteroatoms. The average Bonchev–Trinajstić information content (AvgIpc) is 3.00. The average molecular weight is 341 g/mol. The number of imidazole rings is 1. The highest BCUT2D eigenvalue weighted by Gasteiger charge is 2.19. The van der Waals surface area contributed by atoms with Gasteiger partial charge < -0.3 is 14.5 Å². The van der Waals surface area contributed by atoms with E-state index in [9.17, 15) is 4.79 Å². The molecule has 25 heavy (non-hydrogen) atoms. The lowest BCUT2D eigenvalue weighted by Gasteiger charge is -2.19. The van der Waals surface area contributed by atoms with Gasteiger partial charge in [0.2, 0.25) is 11.8 Å². The summed E-state index contributed by atoms with van der Waals surface area (Å²) in [6.45, 7) is 5.66. The van der Waals surface area contributed by atoms with Crippen molar-refractivity contribution in [2.75, 3.05) is 5.32 Å². The Balaban J connectivity index is 1.80. The zero-order valence-electron chi connectivity index (χ0n) is 14.2. The lowest BCUT2D eigenvalue weighted by Crippen LogP contribution is -2.27. The molecule has 0 atom stereocenters. The number of aromatic nitrogens is 4. The Hall–Kier alpha value is -3.16. The van der Waals surface area contributed by atoms with Crippen molar-refractivity contribution in [2.45, 2.75) is 33.0 Å². The number of benzene rings is 1. The second-order valence-corrected chi connectivity index (χ2v) is 6.35. The number of rotatable bonds is 4. The number of fused-ring (bicyclic) bond motifs is 1. The van der Waals surface area contributed by atoms with Gasteiger partial charge in [-0.25, -0.2) is 9.78 Å². The number of hydrogen-bond acceptors (Lipinski definition) is 6. The van der Waals surface area contributed by atoms with Gasteiger partial charge >= 0.3 is 6.09 Å². The normalized spacial score (nSPS) is 11.3. The van der Waals surface area contributed by atoms with Gasteiger partial charge in [0.05, 0.1) is 6.33 Å². The minimum Gasteiger partial charge on any atom is -0.471 e. The second-order valence-electron chi connectivity index (χ2n) is 6.35. The van der Waals surface area contributed by atoms with Crippen molar-refractivity contribution in [1.82, 2.24) is 19.9 Å². The smallest absolute Gasteiger partial charge is 0.414 e. The highest BCUT2D eigenvalue weighted by Crippen LogP contribution is 2.22. The molecule has 1 aromatic carbocycles. The van der Waals surface area contributed by atoms with E-state index in [1.165, 1.54) is 6.33 Å². The second kappa shape index (κ2) is 6.76. The van der Waals surface area contributed by atoms with Crippen molar-refractivity contribution in [3.8, 4) is 5.88 Å². The molecule has 2 aromatic heterocycles. The molecule has 2 heterocycles. The summed E-state index contributed by atoms with van der Waals surface area (Å²) in [4.78, 5) is 27.4. The highest BCUT2D eigenvalue weighted by atomic mass is 16.6. The van der Waals surface area contributed by atoms with Crippen molar-refractivity contribution >= 4 is 23.2 Å². The first-order valence-electron chi connectivity index (χ1n) is 7.78. The Kier molecular flexibility index (Phi) is 4.51. The fourth-order valence-electron chi connectivity index (χ4n) is 2.09. The molecule has 0 fully saturated rings. The number of carbonyl (C=O) groups excluding carboxylic acids is 1. The van der Waals surface area contributed by atoms with Crippen LogP contribution < -0.4 is 10.1 Å². The van der Waals surface area contributed by atoms with Crippen LogP contribution in [0.2, 0.25) is 0 Å². The van der Waals surface area contributed by atoms with Gasteiger partial charge in [0.25, 0.3) is 0 Å². The van der Waals surface area contributed by atoms with E-state index in [2.05, 4.69) is 25.3 Å². The molecule has 1 amide bonds. The minimum absolute atomic E-state index is 0.0666. The maximum atomic E-state index is 11.9. The maximum absolute atomic E-state index is 11.9. The monoisotopic (exact) mass is 341 g/mol. The largest absolute Gasteiger partial charge is 0.471 e. The van der Waals surface area contributed by atoms with Gasteiger partial charge in [0, 0.05) is 0 Å². The van der Waals surface area contributed by atoms with E-state index in [1.807, 2.05) is 30.3 Å². The molecule has 0 radical (unpaired) electrons. The summed E-state index contributed by atoms with van der Waals surface area (Å²) in [6.07, 6.45) is 0.850. The first kappa shape index (κ1) is 16.7. The molecule has 0 bridgehead atoms. The zero-order chi connectivity index (χ0) is 17.9. The van der Waals surface area contributed by atoms with Crippen LogP contribution in [0.4, 0.5) is 10.7 Å². The summed E-state index contributed by atoms with van der Waals surface area (Å²) < 4.78 is 11.0. The van der Waals surface area contributed by atoms with Gasteiger partial charge in [-0.2, -0.15) is 9.97 Å². The fraction of sp³-hybridized carbons (Fsp3) is 0.294. The molecular weight excluding hydrogens is 322 g/mol. The molecular formula is C17H19N5O3. The number of carbonyl (C=O) groups is 1. The van der Waals surface area contributed by atoms with E-state index in [1.54, 1.807) is 20.8 Å². The van der Waals surface area contributed by atoms with Crippen LogP contribution in [0, 0.1) is 0 Å². The Morgan fingerprint density at radius 2 is 1.96 bits per heavy atom. The fourth-order valence-corrected chi connectivity index (χ4v) is 2.09. The zero-order valence-corrected chi connectivity index (χ0v) is 14.2. The SMILES string of the molecule is CC(C)(C)OC(=O)Nc1nc(OCc2ccccc2)c2[nH]cnc2n1. The Bertz CT molecular complexity index is 871. The molecule has 130 valence electrons. The number of H-pyrrole nitrogens is 1. The third kappa shape index (κ3) is 4.43. The van der Waals surface area contributed by atoms with E-state index in [4.69, 9.17) is 9.47 Å². The molecule has 0 spiro atoms. The van der Waals surface area contributed by atoms with Crippen LogP contribution in [0.1, 0.15) is 26.3 Å². The van der Waals surface area contributed by atoms with Crippen LogP contribution in [0.25, 0.3) is 11.2 Å². The highest BCUT2D eigenvalue weighted by molar-refractivity contribution is 5.85. The first-order valence-corrected chi connectivity index (χ1v) is 7.78. The lowest BCUT2D eigenvalue weighted by atomic mass is 10.2. The number of aromatic amines is 1. The summed E-state index contributed by atoms with van der Waals surface area (Å²) in [5.41, 5.74) is 1.33. The van der Waals surface area contributed by atoms with Crippen LogP contribution in [-0.4, -0.2) is 31.6 Å². The van der Waals surface area contributed by atoms with Gasteiger partial charge in [-0.15, -0.1) is 0 Å². The van der Waals surface area contributed by atoms with Crippen LogP contribution in [0.15, 0.2) is 36.7 Å². The van der Waals surface area contributed by atoms with Crippen LogP contribution >= 0.6 is 0 Å². The third-order valence-electron chi connectivity index (χ3n) is 3.08. The number of ether oxygens (including phenoxy) is 2. The first-order chi connectivity index (χ1) is 11.9. The van der Waals surface area contributed by atoms with E-state index >= 15 is 0 Å². The Morgan fingerprint density at radius 3 is 2.68 bits per heavy atom. The van der Waals surface area contributed by atoms with Crippen LogP contribution in [-0.2, 0) is 11.3 Å². The molecule has 0 aliphatic heterocycles. The van der Waals surface area contributed by atoms with Gasteiger partial charge in [-0.05, 0) is 26.3 Å². The van der Waals surface area contributed by atoms with Gasteiger partial charge in [0.1, 0.15) is 17.7 Å². The quantitative estimate of drug-likeness (QED) is 0.755. The molecule has 3 rings (SSSR count). The number of amides is 1. The predicted molar refractivity (Wildman–Crippen MR) is 92.3 cm³/mol. The maximum Gasteiger partial charge on any atom is 0.414 e. The lowest BCUT2D eigenvalue weighted by molar-refractivity contribution is 0.0634. The summed E-state index contributed by atoms with van der Waals surface area (Å²) >= 11 is 0. The standard InChI is InChI=1S/C17H19N5O3/c1-17(2,3)25-16(23)22-15-20-13-12(18-10-19-13)14(21-15)24-9-11-7-5-4-6-8-11/h4-8,10H,9H2,1-3H3,(H2,18,19,20,21,22,23). The van der Waals surface area contributed by atoms with Crippen molar-refractivity contribution in [2.24, 2.45) is 0 Å². The van der Waals surface area contributed by atoms with Crippen LogP contribution in [0.5, 0.6) is 5.88 Å². The molecule has 0 unspecified atom stereocenters. The predicted octanol–water partition coefficient (Wildman–Crippen LogP) is 3.28. The van der Waals surface area contributed by atoms with Gasteiger partial charge in [-0.3, -0.25) is 5.32 Å². The number of nitrogens with one attached hydrogen (secondary N) is 2. The van der Waals surface area contributed by atoms with Gasteiger partial charge in [0.15, 0.2) is 5.65 Å². The van der Waals surface area contributed by atoms with Gasteiger partial charge in [-0.1, -0.05) is 30.3 Å². The Labute approximate surface area is 144 Å².